The maximum atomic E-state index is 11.0. The highest BCUT2D eigenvalue weighted by atomic mass is 32.1. The smallest absolute Gasteiger partial charge is 0.204 e. The van der Waals surface area contributed by atoms with Gasteiger partial charge in [0, 0.05) is 29.5 Å². The van der Waals surface area contributed by atoms with Crippen LogP contribution in [0.5, 0.6) is 0 Å². The highest BCUT2D eigenvalue weighted by Gasteiger charge is 1.97. The number of pyridine rings is 1. The van der Waals surface area contributed by atoms with E-state index in [0.29, 0.717) is 6.54 Å². The number of nitrogens with zero attached hydrogens (tertiary/aromatic N) is 2. The van der Waals surface area contributed by atoms with E-state index in [0.717, 1.165) is 4.88 Å². The van der Waals surface area contributed by atoms with E-state index in [4.69, 9.17) is 5.73 Å². The summed E-state index contributed by atoms with van der Waals surface area (Å²) in [4.78, 5) is 12.2. The molecule has 4 nitrogen and oxygen atoms in total. The summed E-state index contributed by atoms with van der Waals surface area (Å²) in [5, 5.41) is 0. The number of nitrogens with two attached hydrogens (primary N) is 1. The van der Waals surface area contributed by atoms with E-state index in [1.807, 2.05) is 10.6 Å². The van der Waals surface area contributed by atoms with E-state index in [9.17, 15) is 4.79 Å². The topological polar surface area (TPSA) is 60.9 Å². The Balaban J connectivity index is 2.26. The monoisotopic (exact) mass is 207 g/mol. The van der Waals surface area contributed by atoms with Crippen LogP contribution in [-0.4, -0.2) is 8.94 Å². The maximum Gasteiger partial charge on any atom is 0.204 e. The molecule has 0 aromatic carbocycles. The summed E-state index contributed by atoms with van der Waals surface area (Å²) in [6.07, 6.45) is 5.12. The van der Waals surface area contributed by atoms with Crippen molar-refractivity contribution in [2.24, 2.45) is 0 Å². The first kappa shape index (κ1) is 8.96. The van der Waals surface area contributed by atoms with Crippen molar-refractivity contribution in [3.8, 4) is 0 Å². The highest BCUT2D eigenvalue weighted by Crippen LogP contribution is 2.07. The predicted octanol–water partition coefficient (Wildman–Crippen LogP) is 0.935. The van der Waals surface area contributed by atoms with Gasteiger partial charge in [-0.25, -0.2) is 4.37 Å². The van der Waals surface area contributed by atoms with Crippen molar-refractivity contribution in [3.63, 3.8) is 0 Å². The average Bonchev–Trinajstić information content (AvgIpc) is 2.64. The molecule has 0 amide bonds. The molecule has 2 heterocycles. The van der Waals surface area contributed by atoms with Gasteiger partial charge in [0.2, 0.25) is 5.43 Å². The molecular weight excluding hydrogens is 198 g/mol. The van der Waals surface area contributed by atoms with Crippen LogP contribution in [0.25, 0.3) is 0 Å². The summed E-state index contributed by atoms with van der Waals surface area (Å²) in [7, 11) is 0. The van der Waals surface area contributed by atoms with Crippen molar-refractivity contribution in [1.82, 2.24) is 8.94 Å². The van der Waals surface area contributed by atoms with Crippen molar-refractivity contribution in [2.45, 2.75) is 6.54 Å². The van der Waals surface area contributed by atoms with E-state index in [2.05, 4.69) is 4.37 Å². The zero-order valence-electron chi connectivity index (χ0n) is 7.38. The van der Waals surface area contributed by atoms with E-state index in [1.165, 1.54) is 17.6 Å². The van der Waals surface area contributed by atoms with Gasteiger partial charge in [0.05, 0.1) is 12.2 Å². The molecular formula is C9H9N3OS. The van der Waals surface area contributed by atoms with Gasteiger partial charge in [-0.3, -0.25) is 4.79 Å². The van der Waals surface area contributed by atoms with Crippen molar-refractivity contribution >= 4 is 17.2 Å². The Morgan fingerprint density at radius 2 is 2.36 bits per heavy atom. The van der Waals surface area contributed by atoms with Gasteiger partial charge in [-0.2, -0.15) is 0 Å². The third-order valence-corrected chi connectivity index (χ3v) is 2.56. The molecule has 2 aromatic heterocycles. The minimum absolute atomic E-state index is 0.134. The lowest BCUT2D eigenvalue weighted by Gasteiger charge is -2.03. The van der Waals surface area contributed by atoms with E-state index in [1.54, 1.807) is 18.6 Å². The van der Waals surface area contributed by atoms with Crippen molar-refractivity contribution in [1.29, 1.82) is 0 Å². The summed E-state index contributed by atoms with van der Waals surface area (Å²) < 4.78 is 5.86. The first-order chi connectivity index (χ1) is 6.75. The van der Waals surface area contributed by atoms with Gasteiger partial charge in [0.15, 0.2) is 0 Å². The van der Waals surface area contributed by atoms with Crippen molar-refractivity contribution in [2.75, 3.05) is 5.73 Å². The number of anilines is 1. The normalized spacial score (nSPS) is 10.3. The van der Waals surface area contributed by atoms with Crippen LogP contribution < -0.4 is 11.2 Å². The molecule has 0 unspecified atom stereocenters. The fourth-order valence-electron chi connectivity index (χ4n) is 1.15. The molecule has 0 saturated heterocycles. The number of aromatic nitrogens is 2. The van der Waals surface area contributed by atoms with Crippen LogP contribution in [0, 0.1) is 0 Å². The lowest BCUT2D eigenvalue weighted by atomic mass is 10.4. The Bertz CT molecular complexity index is 475. The quantitative estimate of drug-likeness (QED) is 0.797. The first-order valence-electron chi connectivity index (χ1n) is 4.11. The molecule has 0 atom stereocenters. The molecule has 14 heavy (non-hydrogen) atoms. The second-order valence-electron chi connectivity index (χ2n) is 2.92. The molecule has 0 saturated carbocycles. The van der Waals surface area contributed by atoms with Gasteiger partial charge in [-0.05, 0) is 17.6 Å². The minimum atomic E-state index is -0.134. The predicted molar refractivity (Wildman–Crippen MR) is 56.3 cm³/mol. The fraction of sp³-hybridized carbons (Fsp3) is 0.111. The van der Waals surface area contributed by atoms with Gasteiger partial charge in [-0.15, -0.1) is 0 Å². The summed E-state index contributed by atoms with van der Waals surface area (Å²) in [6, 6.07) is 3.41. The molecule has 0 fully saturated rings. The Morgan fingerprint density at radius 3 is 3.00 bits per heavy atom. The fourth-order valence-corrected chi connectivity index (χ4v) is 1.73. The number of hydrogen-bond donors (Lipinski definition) is 1. The van der Waals surface area contributed by atoms with Crippen LogP contribution in [0.2, 0.25) is 0 Å². The molecule has 0 bridgehead atoms. The van der Waals surface area contributed by atoms with Gasteiger partial charge >= 0.3 is 0 Å². The minimum Gasteiger partial charge on any atom is -0.394 e. The van der Waals surface area contributed by atoms with Crippen LogP contribution in [0.15, 0.2) is 35.5 Å². The molecule has 2 aromatic rings. The Morgan fingerprint density at radius 1 is 1.50 bits per heavy atom. The van der Waals surface area contributed by atoms with Crippen LogP contribution in [-0.2, 0) is 6.54 Å². The molecule has 2 N–H and O–H groups in total. The number of rotatable bonds is 2. The summed E-state index contributed by atoms with van der Waals surface area (Å²) in [5.41, 5.74) is 5.65. The zero-order chi connectivity index (χ0) is 9.97. The Labute approximate surface area is 84.8 Å². The summed E-state index contributed by atoms with van der Waals surface area (Å²) in [6.45, 7) is 0.704. The van der Waals surface area contributed by atoms with Crippen molar-refractivity contribution in [3.05, 3.63) is 45.8 Å². The molecule has 5 heteroatoms. The molecule has 72 valence electrons. The third-order valence-electron chi connectivity index (χ3n) is 1.84. The first-order valence-corrected chi connectivity index (χ1v) is 4.88. The third kappa shape index (κ3) is 1.82. The van der Waals surface area contributed by atoms with Gasteiger partial charge in [-0.1, -0.05) is 0 Å². The summed E-state index contributed by atoms with van der Waals surface area (Å²) in [5.74, 6) is 0. The zero-order valence-corrected chi connectivity index (χ0v) is 8.20. The maximum absolute atomic E-state index is 11.0. The van der Waals surface area contributed by atoms with Crippen LogP contribution in [0.1, 0.15) is 4.88 Å². The molecule has 2 rings (SSSR count). The standard InChI is InChI=1S/C9H9N3OS/c10-8-6-12(4-2-9(8)13)5-7-1-3-11-14-7/h1-4,6H,5,10H2. The van der Waals surface area contributed by atoms with Crippen LogP contribution in [0.3, 0.4) is 0 Å². The number of nitrogen functional groups attached to an aromatic ring is 1. The summed E-state index contributed by atoms with van der Waals surface area (Å²) >= 11 is 1.44. The lowest BCUT2D eigenvalue weighted by Crippen LogP contribution is -2.10. The van der Waals surface area contributed by atoms with Gasteiger partial charge < -0.3 is 10.3 Å². The second-order valence-corrected chi connectivity index (χ2v) is 3.83. The second kappa shape index (κ2) is 3.63. The number of hydrogen-bond acceptors (Lipinski definition) is 4. The molecule has 0 aliphatic carbocycles. The molecule has 0 aliphatic heterocycles. The average molecular weight is 207 g/mol. The van der Waals surface area contributed by atoms with Crippen LogP contribution in [0.4, 0.5) is 5.69 Å². The Hall–Kier alpha value is -1.62. The largest absolute Gasteiger partial charge is 0.394 e. The Kier molecular flexibility index (Phi) is 2.32. The van der Waals surface area contributed by atoms with Crippen LogP contribution >= 0.6 is 11.5 Å². The lowest BCUT2D eigenvalue weighted by molar-refractivity contribution is 0.803. The highest BCUT2D eigenvalue weighted by molar-refractivity contribution is 7.05. The molecule has 0 radical (unpaired) electrons. The van der Waals surface area contributed by atoms with E-state index < -0.39 is 0 Å². The molecule has 0 aliphatic rings. The van der Waals surface area contributed by atoms with E-state index >= 15 is 0 Å². The van der Waals surface area contributed by atoms with Gasteiger partial charge in [0.25, 0.3) is 0 Å². The van der Waals surface area contributed by atoms with Gasteiger partial charge in [0.1, 0.15) is 0 Å². The van der Waals surface area contributed by atoms with E-state index in [-0.39, 0.29) is 11.1 Å². The SMILES string of the molecule is Nc1cn(Cc2ccns2)ccc1=O. The van der Waals surface area contributed by atoms with Crippen molar-refractivity contribution < 1.29 is 0 Å². The molecule has 0 spiro atoms.